The van der Waals surface area contributed by atoms with Crippen LogP contribution in [0.5, 0.6) is 0 Å². The van der Waals surface area contributed by atoms with E-state index in [0.717, 1.165) is 0 Å². The normalized spacial score (nSPS) is 19.0. The number of amides is 2. The molecule has 1 N–H and O–H groups in total. The predicted octanol–water partition coefficient (Wildman–Crippen LogP) is 0.939. The van der Waals surface area contributed by atoms with E-state index in [1.54, 1.807) is 31.7 Å². The molecule has 17 heavy (non-hydrogen) atoms. The number of aryl methyl sites for hydroxylation is 1. The van der Waals surface area contributed by atoms with Crippen LogP contribution in [0.3, 0.4) is 0 Å². The number of furan rings is 1. The molecular weight excluding hydrogens is 220 g/mol. The van der Waals surface area contributed by atoms with E-state index in [-0.39, 0.29) is 11.8 Å². The van der Waals surface area contributed by atoms with Crippen molar-refractivity contribution in [3.63, 3.8) is 0 Å². The SMILES string of the molecule is Cc1cc(C(=O)N2CCNC(=O)C2(C)C)co1. The zero-order valence-corrected chi connectivity index (χ0v) is 10.2. The third kappa shape index (κ3) is 1.92. The Labute approximate surface area is 99.8 Å². The molecule has 2 amide bonds. The summed E-state index contributed by atoms with van der Waals surface area (Å²) >= 11 is 0. The Kier molecular flexibility index (Phi) is 2.69. The minimum absolute atomic E-state index is 0.127. The van der Waals surface area contributed by atoms with Gasteiger partial charge in [0.2, 0.25) is 5.91 Å². The van der Waals surface area contributed by atoms with Gasteiger partial charge in [-0.05, 0) is 26.8 Å². The van der Waals surface area contributed by atoms with Crippen LogP contribution >= 0.6 is 0 Å². The molecule has 1 aliphatic heterocycles. The molecule has 0 saturated carbocycles. The molecule has 1 aliphatic rings. The molecule has 0 aromatic carbocycles. The number of hydrogen-bond donors (Lipinski definition) is 1. The van der Waals surface area contributed by atoms with Gasteiger partial charge < -0.3 is 14.6 Å². The van der Waals surface area contributed by atoms with Crippen molar-refractivity contribution in [2.24, 2.45) is 0 Å². The monoisotopic (exact) mass is 236 g/mol. The van der Waals surface area contributed by atoms with Crippen LogP contribution in [0, 0.1) is 6.92 Å². The molecule has 0 unspecified atom stereocenters. The molecule has 92 valence electrons. The standard InChI is InChI=1S/C12H16N2O3/c1-8-6-9(7-17-8)10(15)14-5-4-13-11(16)12(14,2)3/h6-7H,4-5H2,1-3H3,(H,13,16). The molecule has 2 rings (SSSR count). The van der Waals surface area contributed by atoms with Crippen LogP contribution in [-0.4, -0.2) is 35.3 Å². The smallest absolute Gasteiger partial charge is 0.258 e. The number of piperazine rings is 1. The fraction of sp³-hybridized carbons (Fsp3) is 0.500. The van der Waals surface area contributed by atoms with Gasteiger partial charge in [0.05, 0.1) is 5.56 Å². The number of nitrogens with one attached hydrogen (secondary N) is 1. The highest BCUT2D eigenvalue weighted by Crippen LogP contribution is 2.21. The fourth-order valence-electron chi connectivity index (χ4n) is 1.97. The lowest BCUT2D eigenvalue weighted by Gasteiger charge is -2.40. The van der Waals surface area contributed by atoms with E-state index in [9.17, 15) is 9.59 Å². The molecular formula is C12H16N2O3. The summed E-state index contributed by atoms with van der Waals surface area (Å²) in [5, 5.41) is 2.76. The summed E-state index contributed by atoms with van der Waals surface area (Å²) in [4.78, 5) is 25.6. The number of carbonyl (C=O) groups excluding carboxylic acids is 2. The van der Waals surface area contributed by atoms with Gasteiger partial charge in [0.25, 0.3) is 5.91 Å². The van der Waals surface area contributed by atoms with Crippen LogP contribution in [0.4, 0.5) is 0 Å². The first-order valence-corrected chi connectivity index (χ1v) is 5.58. The molecule has 1 saturated heterocycles. The van der Waals surface area contributed by atoms with Crippen molar-refractivity contribution in [1.82, 2.24) is 10.2 Å². The van der Waals surface area contributed by atoms with Gasteiger partial charge in [-0.2, -0.15) is 0 Å². The average Bonchev–Trinajstić information content (AvgIpc) is 2.68. The van der Waals surface area contributed by atoms with Gasteiger partial charge in [-0.25, -0.2) is 0 Å². The average molecular weight is 236 g/mol. The molecule has 0 spiro atoms. The van der Waals surface area contributed by atoms with Crippen LogP contribution < -0.4 is 5.32 Å². The molecule has 0 aliphatic carbocycles. The summed E-state index contributed by atoms with van der Waals surface area (Å²) in [5.74, 6) is 0.395. The van der Waals surface area contributed by atoms with Crippen molar-refractivity contribution in [3.8, 4) is 0 Å². The minimum Gasteiger partial charge on any atom is -0.469 e. The third-order valence-corrected chi connectivity index (χ3v) is 3.07. The van der Waals surface area contributed by atoms with E-state index in [4.69, 9.17) is 4.42 Å². The first-order chi connectivity index (χ1) is 7.93. The highest BCUT2D eigenvalue weighted by molar-refractivity contribution is 5.99. The summed E-state index contributed by atoms with van der Waals surface area (Å²) in [6.07, 6.45) is 1.43. The quantitative estimate of drug-likeness (QED) is 0.789. The number of rotatable bonds is 1. The molecule has 5 nitrogen and oxygen atoms in total. The van der Waals surface area contributed by atoms with Gasteiger partial charge in [-0.1, -0.05) is 0 Å². The van der Waals surface area contributed by atoms with Gasteiger partial charge in [0, 0.05) is 13.1 Å². The fourth-order valence-corrected chi connectivity index (χ4v) is 1.97. The maximum atomic E-state index is 12.3. The second kappa shape index (κ2) is 3.91. The van der Waals surface area contributed by atoms with Crippen LogP contribution in [-0.2, 0) is 4.79 Å². The van der Waals surface area contributed by atoms with Crippen molar-refractivity contribution in [2.75, 3.05) is 13.1 Å². The Morgan fingerprint density at radius 1 is 1.53 bits per heavy atom. The first-order valence-electron chi connectivity index (χ1n) is 5.58. The number of hydrogen-bond acceptors (Lipinski definition) is 3. The Hall–Kier alpha value is -1.78. The van der Waals surface area contributed by atoms with Crippen molar-refractivity contribution < 1.29 is 14.0 Å². The maximum absolute atomic E-state index is 12.3. The molecule has 1 fully saturated rings. The molecule has 5 heteroatoms. The van der Waals surface area contributed by atoms with Gasteiger partial charge in [0.1, 0.15) is 17.6 Å². The van der Waals surface area contributed by atoms with Crippen molar-refractivity contribution >= 4 is 11.8 Å². The third-order valence-electron chi connectivity index (χ3n) is 3.07. The van der Waals surface area contributed by atoms with Crippen LogP contribution in [0.25, 0.3) is 0 Å². The molecule has 0 radical (unpaired) electrons. The molecule has 2 heterocycles. The second-order valence-corrected chi connectivity index (χ2v) is 4.72. The summed E-state index contributed by atoms with van der Waals surface area (Å²) < 4.78 is 5.12. The second-order valence-electron chi connectivity index (χ2n) is 4.72. The highest BCUT2D eigenvalue weighted by atomic mass is 16.3. The molecule has 1 aromatic heterocycles. The molecule has 0 atom stereocenters. The maximum Gasteiger partial charge on any atom is 0.258 e. The Morgan fingerprint density at radius 3 is 2.82 bits per heavy atom. The summed E-state index contributed by atoms with van der Waals surface area (Å²) in [6.45, 7) is 6.27. The summed E-state index contributed by atoms with van der Waals surface area (Å²) in [5.41, 5.74) is -0.328. The van der Waals surface area contributed by atoms with Crippen molar-refractivity contribution in [2.45, 2.75) is 26.3 Å². The Balaban J connectivity index is 2.27. The lowest BCUT2D eigenvalue weighted by molar-refractivity contribution is -0.133. The van der Waals surface area contributed by atoms with E-state index >= 15 is 0 Å². The number of nitrogens with zero attached hydrogens (tertiary/aromatic N) is 1. The van der Waals surface area contributed by atoms with Gasteiger partial charge in [-0.15, -0.1) is 0 Å². The van der Waals surface area contributed by atoms with Crippen LogP contribution in [0.1, 0.15) is 30.0 Å². The lowest BCUT2D eigenvalue weighted by Crippen LogP contribution is -2.63. The van der Waals surface area contributed by atoms with E-state index in [2.05, 4.69) is 5.32 Å². The Morgan fingerprint density at radius 2 is 2.24 bits per heavy atom. The van der Waals surface area contributed by atoms with Crippen molar-refractivity contribution in [1.29, 1.82) is 0 Å². The Bertz CT molecular complexity index is 462. The zero-order chi connectivity index (χ0) is 12.6. The summed E-state index contributed by atoms with van der Waals surface area (Å²) in [6, 6.07) is 1.69. The molecule has 1 aromatic rings. The lowest BCUT2D eigenvalue weighted by atomic mass is 9.98. The minimum atomic E-state index is -0.819. The van der Waals surface area contributed by atoms with Crippen molar-refractivity contribution in [3.05, 3.63) is 23.7 Å². The van der Waals surface area contributed by atoms with E-state index in [1.165, 1.54) is 6.26 Å². The topological polar surface area (TPSA) is 62.6 Å². The largest absolute Gasteiger partial charge is 0.469 e. The highest BCUT2D eigenvalue weighted by Gasteiger charge is 2.40. The summed E-state index contributed by atoms with van der Waals surface area (Å²) in [7, 11) is 0. The molecule has 0 bridgehead atoms. The van der Waals surface area contributed by atoms with Gasteiger partial charge in [-0.3, -0.25) is 9.59 Å². The number of carbonyl (C=O) groups is 2. The zero-order valence-electron chi connectivity index (χ0n) is 10.2. The van der Waals surface area contributed by atoms with Crippen LogP contribution in [0.2, 0.25) is 0 Å². The van der Waals surface area contributed by atoms with E-state index in [1.807, 2.05) is 0 Å². The van der Waals surface area contributed by atoms with Gasteiger partial charge >= 0.3 is 0 Å². The van der Waals surface area contributed by atoms with E-state index < -0.39 is 5.54 Å². The van der Waals surface area contributed by atoms with E-state index in [0.29, 0.717) is 24.4 Å². The van der Waals surface area contributed by atoms with Crippen LogP contribution in [0.15, 0.2) is 16.7 Å². The predicted molar refractivity (Wildman–Crippen MR) is 61.6 cm³/mol. The van der Waals surface area contributed by atoms with Gasteiger partial charge in [0.15, 0.2) is 0 Å². The first kappa shape index (κ1) is 11.7.